The molecule has 0 fully saturated rings. The van der Waals surface area contributed by atoms with Gasteiger partial charge in [0.25, 0.3) is 0 Å². The van der Waals surface area contributed by atoms with E-state index < -0.39 is 0 Å². The number of rotatable bonds is 8. The van der Waals surface area contributed by atoms with Crippen molar-refractivity contribution in [1.82, 2.24) is 4.57 Å². The summed E-state index contributed by atoms with van der Waals surface area (Å²) in [5.41, 5.74) is 16.3. The van der Waals surface area contributed by atoms with Crippen molar-refractivity contribution < 1.29 is 0 Å². The summed E-state index contributed by atoms with van der Waals surface area (Å²) in [6, 6.07) is 83.1. The maximum Gasteiger partial charge on any atom is 0.0541 e. The number of hydrogen-bond donors (Lipinski definition) is 0. The Morgan fingerprint density at radius 1 is 0.250 bits per heavy atom. The zero-order chi connectivity index (χ0) is 37.3. The van der Waals surface area contributed by atoms with E-state index >= 15 is 0 Å². The molecule has 2 heteroatoms. The van der Waals surface area contributed by atoms with Gasteiger partial charge in [-0.2, -0.15) is 0 Å². The second kappa shape index (κ2) is 14.4. The van der Waals surface area contributed by atoms with Crippen LogP contribution in [0.3, 0.4) is 0 Å². The fraction of sp³-hybridized carbons (Fsp3) is 0. The van der Waals surface area contributed by atoms with Crippen molar-refractivity contribution in [2.45, 2.75) is 0 Å². The van der Waals surface area contributed by atoms with Gasteiger partial charge in [0.05, 0.1) is 11.0 Å². The van der Waals surface area contributed by atoms with Crippen molar-refractivity contribution >= 4 is 38.9 Å². The molecule has 0 radical (unpaired) electrons. The monoisotopic (exact) mass is 714 g/mol. The second-order valence-electron chi connectivity index (χ2n) is 14.2. The van der Waals surface area contributed by atoms with E-state index in [-0.39, 0.29) is 0 Å². The number of benzene rings is 9. The van der Waals surface area contributed by atoms with E-state index in [1.54, 1.807) is 0 Å². The largest absolute Gasteiger partial charge is 0.310 e. The van der Waals surface area contributed by atoms with Crippen molar-refractivity contribution in [2.24, 2.45) is 0 Å². The zero-order valence-corrected chi connectivity index (χ0v) is 30.8. The van der Waals surface area contributed by atoms with Crippen LogP contribution in [0.25, 0.3) is 72.0 Å². The smallest absolute Gasteiger partial charge is 0.0541 e. The minimum Gasteiger partial charge on any atom is -0.310 e. The predicted molar refractivity (Wildman–Crippen MR) is 237 cm³/mol. The Labute approximate surface area is 327 Å². The van der Waals surface area contributed by atoms with E-state index in [1.807, 2.05) is 0 Å². The van der Waals surface area contributed by atoms with Crippen molar-refractivity contribution in [3.63, 3.8) is 0 Å². The summed E-state index contributed by atoms with van der Waals surface area (Å²) < 4.78 is 2.38. The van der Waals surface area contributed by atoms with Crippen LogP contribution >= 0.6 is 0 Å². The SMILES string of the molecule is c1ccc(-c2ccc(N(c3ccc(-c4cccc(-n5c6ccccc6c6ccccc65)c4)cc3)c3cc(-c4ccccc4)cc(-c4ccccc4)c3)cc2)cc1. The van der Waals surface area contributed by atoms with E-state index in [0.29, 0.717) is 0 Å². The van der Waals surface area contributed by atoms with E-state index in [2.05, 4.69) is 240 Å². The molecule has 0 aliphatic carbocycles. The number of aromatic nitrogens is 1. The molecular formula is C54H38N2. The van der Waals surface area contributed by atoms with Crippen LogP contribution in [-0.4, -0.2) is 4.57 Å². The molecule has 0 unspecified atom stereocenters. The first-order valence-electron chi connectivity index (χ1n) is 19.2. The molecule has 0 spiro atoms. The quantitative estimate of drug-likeness (QED) is 0.152. The van der Waals surface area contributed by atoms with Crippen LogP contribution in [0.2, 0.25) is 0 Å². The minimum atomic E-state index is 1.09. The third-order valence-corrected chi connectivity index (χ3v) is 10.8. The lowest BCUT2D eigenvalue weighted by Gasteiger charge is -2.27. The molecule has 0 aliphatic heterocycles. The lowest BCUT2D eigenvalue weighted by Crippen LogP contribution is -2.10. The third-order valence-electron chi connectivity index (χ3n) is 10.8. The number of para-hydroxylation sites is 2. The fourth-order valence-electron chi connectivity index (χ4n) is 8.04. The highest BCUT2D eigenvalue weighted by molar-refractivity contribution is 6.09. The molecule has 9 aromatic carbocycles. The summed E-state index contributed by atoms with van der Waals surface area (Å²) in [5, 5.41) is 2.53. The van der Waals surface area contributed by atoms with Crippen LogP contribution in [0.5, 0.6) is 0 Å². The van der Waals surface area contributed by atoms with Gasteiger partial charge in [0.1, 0.15) is 0 Å². The van der Waals surface area contributed by atoms with E-state index in [4.69, 9.17) is 0 Å². The van der Waals surface area contributed by atoms with Crippen LogP contribution in [0.15, 0.2) is 231 Å². The van der Waals surface area contributed by atoms with Gasteiger partial charge in [-0.3, -0.25) is 0 Å². The molecule has 0 aliphatic rings. The summed E-state index contributed by atoms with van der Waals surface area (Å²) in [4.78, 5) is 2.38. The van der Waals surface area contributed by atoms with Crippen LogP contribution in [0, 0.1) is 0 Å². The van der Waals surface area contributed by atoms with Gasteiger partial charge < -0.3 is 9.47 Å². The highest BCUT2D eigenvalue weighted by Crippen LogP contribution is 2.41. The molecule has 0 saturated heterocycles. The van der Waals surface area contributed by atoms with Gasteiger partial charge in [-0.15, -0.1) is 0 Å². The third kappa shape index (κ3) is 6.24. The second-order valence-corrected chi connectivity index (χ2v) is 14.2. The summed E-state index contributed by atoms with van der Waals surface area (Å²) in [6.45, 7) is 0. The maximum absolute atomic E-state index is 2.38. The molecule has 1 aromatic heterocycles. The van der Waals surface area contributed by atoms with Gasteiger partial charge in [0.15, 0.2) is 0 Å². The molecule has 0 amide bonds. The highest BCUT2D eigenvalue weighted by atomic mass is 15.1. The zero-order valence-electron chi connectivity index (χ0n) is 30.8. The summed E-state index contributed by atoms with van der Waals surface area (Å²) in [6.07, 6.45) is 0. The Bertz CT molecular complexity index is 2820. The molecule has 1 heterocycles. The lowest BCUT2D eigenvalue weighted by molar-refractivity contribution is 1.18. The lowest BCUT2D eigenvalue weighted by atomic mass is 9.97. The average Bonchev–Trinajstić information content (AvgIpc) is 3.62. The highest BCUT2D eigenvalue weighted by Gasteiger charge is 2.17. The number of hydrogen-bond acceptors (Lipinski definition) is 1. The molecule has 0 N–H and O–H groups in total. The van der Waals surface area contributed by atoms with Gasteiger partial charge in [0, 0.05) is 33.5 Å². The van der Waals surface area contributed by atoms with Gasteiger partial charge >= 0.3 is 0 Å². The summed E-state index contributed by atoms with van der Waals surface area (Å²) in [7, 11) is 0. The molecular weight excluding hydrogens is 677 g/mol. The summed E-state index contributed by atoms with van der Waals surface area (Å²) >= 11 is 0. The first-order valence-corrected chi connectivity index (χ1v) is 19.2. The molecule has 56 heavy (non-hydrogen) atoms. The standard InChI is InChI=1S/C54H38N2/c1-4-15-39(16-5-1)42-27-31-47(32-28-42)55(50-37-45(40-17-6-2-7-18-40)35-46(38-50)41-19-8-3-9-20-41)48-33-29-43(30-34-48)44-21-14-22-49(36-44)56-53-25-12-10-23-51(53)52-24-11-13-26-54(52)56/h1-38H. The molecule has 0 atom stereocenters. The maximum atomic E-state index is 2.38. The van der Waals surface area contributed by atoms with Crippen LogP contribution in [0.4, 0.5) is 17.1 Å². The Balaban J connectivity index is 1.09. The Morgan fingerprint density at radius 3 is 1.14 bits per heavy atom. The van der Waals surface area contributed by atoms with Gasteiger partial charge in [-0.1, -0.05) is 164 Å². The first kappa shape index (κ1) is 33.2. The van der Waals surface area contributed by atoms with Crippen LogP contribution < -0.4 is 4.90 Å². The molecule has 2 nitrogen and oxygen atoms in total. The average molecular weight is 715 g/mol. The predicted octanol–water partition coefficient (Wildman–Crippen LogP) is 14.9. The minimum absolute atomic E-state index is 1.09. The van der Waals surface area contributed by atoms with Gasteiger partial charge in [-0.05, 0) is 111 Å². The topological polar surface area (TPSA) is 8.17 Å². The first-order chi connectivity index (χ1) is 27.8. The molecule has 10 rings (SSSR count). The summed E-state index contributed by atoms with van der Waals surface area (Å²) in [5.74, 6) is 0. The van der Waals surface area contributed by atoms with Crippen molar-refractivity contribution in [3.05, 3.63) is 231 Å². The molecule has 10 aromatic rings. The molecule has 0 bridgehead atoms. The Kier molecular flexibility index (Phi) is 8.55. The van der Waals surface area contributed by atoms with E-state index in [9.17, 15) is 0 Å². The van der Waals surface area contributed by atoms with E-state index in [0.717, 1.165) is 22.7 Å². The Morgan fingerprint density at radius 2 is 0.643 bits per heavy atom. The molecule has 0 saturated carbocycles. The van der Waals surface area contributed by atoms with Gasteiger partial charge in [0.2, 0.25) is 0 Å². The van der Waals surface area contributed by atoms with Crippen molar-refractivity contribution in [3.8, 4) is 50.2 Å². The number of anilines is 3. The van der Waals surface area contributed by atoms with Crippen LogP contribution in [0.1, 0.15) is 0 Å². The molecule has 264 valence electrons. The fourth-order valence-corrected chi connectivity index (χ4v) is 8.04. The van der Waals surface area contributed by atoms with Gasteiger partial charge in [-0.25, -0.2) is 0 Å². The normalized spacial score (nSPS) is 11.2. The van der Waals surface area contributed by atoms with E-state index in [1.165, 1.54) is 66.3 Å². The van der Waals surface area contributed by atoms with Crippen molar-refractivity contribution in [1.29, 1.82) is 0 Å². The Hall–Kier alpha value is -7.42. The number of nitrogens with zero attached hydrogens (tertiary/aromatic N) is 2. The number of fused-ring (bicyclic) bond motifs is 3. The van der Waals surface area contributed by atoms with Crippen molar-refractivity contribution in [2.75, 3.05) is 4.90 Å². The van der Waals surface area contributed by atoms with Crippen LogP contribution in [-0.2, 0) is 0 Å².